The summed E-state index contributed by atoms with van der Waals surface area (Å²) in [6.07, 6.45) is 0.694. The van der Waals surface area contributed by atoms with Crippen molar-refractivity contribution in [2.45, 2.75) is 18.9 Å². The van der Waals surface area contributed by atoms with Crippen molar-refractivity contribution in [1.82, 2.24) is 0 Å². The van der Waals surface area contributed by atoms with E-state index in [1.807, 2.05) is 0 Å². The molecule has 0 amide bonds. The Balaban J connectivity index is 2.56. The minimum atomic E-state index is -0.742. The Bertz CT molecular complexity index is 120. The highest BCUT2D eigenvalue weighted by atomic mass is 32.2. The lowest BCUT2D eigenvalue weighted by atomic mass is 10.1. The Morgan fingerprint density at radius 2 is 2.38 bits per heavy atom. The molecule has 1 rings (SSSR count). The molecule has 0 bridgehead atoms. The molecule has 0 aromatic carbocycles. The van der Waals surface area contributed by atoms with Gasteiger partial charge in [-0.15, -0.1) is 0 Å². The fraction of sp³-hybridized carbons (Fsp3) is 1.00. The van der Waals surface area contributed by atoms with Crippen molar-refractivity contribution in [2.75, 3.05) is 11.5 Å². The van der Waals surface area contributed by atoms with Crippen LogP contribution in [-0.4, -0.2) is 26.4 Å². The lowest BCUT2D eigenvalue weighted by Gasteiger charge is -2.11. The van der Waals surface area contributed by atoms with Crippen LogP contribution in [0.3, 0.4) is 0 Å². The largest absolute Gasteiger partial charge is 0.389 e. The maximum atomic E-state index is 10.6. The maximum absolute atomic E-state index is 10.6. The quantitative estimate of drug-likeness (QED) is 0.502. The molecule has 0 aromatic rings. The summed E-state index contributed by atoms with van der Waals surface area (Å²) in [5.41, 5.74) is -0.634. The molecule has 1 N–H and O–H groups in total. The van der Waals surface area contributed by atoms with Gasteiger partial charge in [0.25, 0.3) is 0 Å². The summed E-state index contributed by atoms with van der Waals surface area (Å²) in [6.45, 7) is 1.73. The van der Waals surface area contributed by atoms with Crippen LogP contribution in [0.1, 0.15) is 13.3 Å². The fourth-order valence-corrected chi connectivity index (χ4v) is 2.47. The van der Waals surface area contributed by atoms with E-state index >= 15 is 0 Å². The molecule has 2 nitrogen and oxygen atoms in total. The zero-order valence-electron chi connectivity index (χ0n) is 4.89. The first-order chi connectivity index (χ1) is 3.60. The smallest absolute Gasteiger partial charge is 0.0743 e. The van der Waals surface area contributed by atoms with Gasteiger partial charge >= 0.3 is 0 Å². The first-order valence-electron chi connectivity index (χ1n) is 2.67. The molecule has 2 atom stereocenters. The van der Waals surface area contributed by atoms with Gasteiger partial charge in [0.15, 0.2) is 0 Å². The van der Waals surface area contributed by atoms with Crippen LogP contribution in [-0.2, 0) is 10.8 Å². The molecule has 1 aliphatic heterocycles. The van der Waals surface area contributed by atoms with Crippen molar-refractivity contribution in [3.05, 3.63) is 0 Å². The molecule has 1 fully saturated rings. The topological polar surface area (TPSA) is 37.3 Å². The molecular formula is C5H10O2S. The first-order valence-corrected chi connectivity index (χ1v) is 4.16. The van der Waals surface area contributed by atoms with Crippen LogP contribution < -0.4 is 0 Å². The summed E-state index contributed by atoms with van der Waals surface area (Å²) in [5.74, 6) is 1.14. The molecule has 2 unspecified atom stereocenters. The molecule has 0 spiro atoms. The number of aliphatic hydroxyl groups is 1. The second-order valence-corrected chi connectivity index (χ2v) is 4.11. The Kier molecular flexibility index (Phi) is 1.41. The van der Waals surface area contributed by atoms with Crippen molar-refractivity contribution >= 4 is 10.8 Å². The molecule has 0 saturated carbocycles. The minimum Gasteiger partial charge on any atom is -0.389 e. The van der Waals surface area contributed by atoms with E-state index in [9.17, 15) is 9.32 Å². The van der Waals surface area contributed by atoms with Crippen LogP contribution >= 0.6 is 0 Å². The summed E-state index contributed by atoms with van der Waals surface area (Å²) in [5, 5.41) is 9.17. The highest BCUT2D eigenvalue weighted by molar-refractivity contribution is 7.85. The van der Waals surface area contributed by atoms with E-state index in [1.54, 1.807) is 6.92 Å². The monoisotopic (exact) mass is 134 g/mol. The van der Waals surface area contributed by atoms with Gasteiger partial charge in [-0.2, -0.15) is 0 Å². The summed E-state index contributed by atoms with van der Waals surface area (Å²) in [6, 6.07) is 0. The van der Waals surface area contributed by atoms with E-state index in [0.717, 1.165) is 0 Å². The van der Waals surface area contributed by atoms with Crippen LogP contribution in [0.25, 0.3) is 0 Å². The molecule has 0 aliphatic carbocycles. The minimum absolute atomic E-state index is 0.465. The van der Waals surface area contributed by atoms with E-state index in [-0.39, 0.29) is 0 Å². The van der Waals surface area contributed by atoms with Crippen LogP contribution in [0.4, 0.5) is 0 Å². The predicted octanol–water partition coefficient (Wildman–Crippen LogP) is -0.110. The lowest BCUT2D eigenvalue weighted by molar-refractivity contribution is 0.0886. The second kappa shape index (κ2) is 1.81. The maximum Gasteiger partial charge on any atom is 0.0743 e. The first kappa shape index (κ1) is 6.23. The van der Waals surface area contributed by atoms with Gasteiger partial charge in [0.2, 0.25) is 0 Å². The van der Waals surface area contributed by atoms with Gasteiger partial charge in [-0.05, 0) is 13.3 Å². The van der Waals surface area contributed by atoms with Crippen molar-refractivity contribution in [2.24, 2.45) is 0 Å². The van der Waals surface area contributed by atoms with Gasteiger partial charge in [0.1, 0.15) is 0 Å². The lowest BCUT2D eigenvalue weighted by Crippen LogP contribution is -2.23. The van der Waals surface area contributed by atoms with Gasteiger partial charge in [-0.1, -0.05) is 0 Å². The third-order valence-corrected chi connectivity index (χ3v) is 2.94. The molecular weight excluding hydrogens is 124 g/mol. The Labute approximate surface area is 51.4 Å². The standard InChI is InChI=1S/C5H10O2S/c1-5(6)2-3-8(7)4-5/h6H,2-4H2,1H3. The summed E-state index contributed by atoms with van der Waals surface area (Å²) >= 11 is 0. The van der Waals surface area contributed by atoms with Crippen LogP contribution in [0, 0.1) is 0 Å². The van der Waals surface area contributed by atoms with Gasteiger partial charge < -0.3 is 5.11 Å². The zero-order chi connectivity index (χ0) is 6.20. The normalized spacial score (nSPS) is 47.5. The number of hydrogen-bond acceptors (Lipinski definition) is 2. The number of rotatable bonds is 0. The SMILES string of the molecule is CC1(O)CCS(=O)C1. The molecule has 1 saturated heterocycles. The third kappa shape index (κ3) is 1.29. The Morgan fingerprint density at radius 3 is 2.50 bits per heavy atom. The second-order valence-electron chi connectivity index (χ2n) is 2.54. The Morgan fingerprint density at radius 1 is 1.75 bits per heavy atom. The fourth-order valence-electron chi connectivity index (χ4n) is 0.825. The molecule has 1 heterocycles. The average Bonchev–Trinajstić information content (AvgIpc) is 1.82. The van der Waals surface area contributed by atoms with E-state index in [1.165, 1.54) is 0 Å². The Hall–Kier alpha value is 0.110. The summed E-state index contributed by atoms with van der Waals surface area (Å²) in [7, 11) is -0.742. The van der Waals surface area contributed by atoms with E-state index < -0.39 is 16.4 Å². The highest BCUT2D eigenvalue weighted by Crippen LogP contribution is 2.18. The van der Waals surface area contributed by atoms with Crippen LogP contribution in [0.5, 0.6) is 0 Å². The average molecular weight is 134 g/mol. The zero-order valence-corrected chi connectivity index (χ0v) is 5.70. The van der Waals surface area contributed by atoms with Gasteiger partial charge in [0, 0.05) is 16.6 Å². The predicted molar refractivity (Wildman–Crippen MR) is 33.1 cm³/mol. The molecule has 0 aromatic heterocycles. The molecule has 1 aliphatic rings. The van der Waals surface area contributed by atoms with Gasteiger partial charge in [0.05, 0.1) is 11.4 Å². The summed E-state index contributed by atoms with van der Waals surface area (Å²) < 4.78 is 10.6. The van der Waals surface area contributed by atoms with E-state index in [2.05, 4.69) is 0 Å². The number of hydrogen-bond donors (Lipinski definition) is 1. The molecule has 0 radical (unpaired) electrons. The van der Waals surface area contributed by atoms with Crippen molar-refractivity contribution in [3.63, 3.8) is 0 Å². The van der Waals surface area contributed by atoms with Crippen LogP contribution in [0.15, 0.2) is 0 Å². The highest BCUT2D eigenvalue weighted by Gasteiger charge is 2.30. The van der Waals surface area contributed by atoms with Crippen molar-refractivity contribution < 1.29 is 9.32 Å². The third-order valence-electron chi connectivity index (χ3n) is 1.34. The van der Waals surface area contributed by atoms with Crippen LogP contribution in [0.2, 0.25) is 0 Å². The van der Waals surface area contributed by atoms with E-state index in [4.69, 9.17) is 0 Å². The van der Waals surface area contributed by atoms with Crippen molar-refractivity contribution in [1.29, 1.82) is 0 Å². The van der Waals surface area contributed by atoms with Gasteiger partial charge in [-0.25, -0.2) is 0 Å². The molecule has 8 heavy (non-hydrogen) atoms. The van der Waals surface area contributed by atoms with Crippen molar-refractivity contribution in [3.8, 4) is 0 Å². The molecule has 48 valence electrons. The van der Waals surface area contributed by atoms with Gasteiger partial charge in [-0.3, -0.25) is 4.21 Å². The molecule has 3 heteroatoms. The summed E-state index contributed by atoms with van der Waals surface area (Å²) in [4.78, 5) is 0. The van der Waals surface area contributed by atoms with E-state index in [0.29, 0.717) is 17.9 Å².